The molecule has 14 heavy (non-hydrogen) atoms. The summed E-state index contributed by atoms with van der Waals surface area (Å²) in [4.78, 5) is 8.03. The van der Waals surface area contributed by atoms with Gasteiger partial charge in [0.2, 0.25) is 5.28 Å². The van der Waals surface area contributed by atoms with Gasteiger partial charge in [-0.25, -0.2) is 9.97 Å². The van der Waals surface area contributed by atoms with E-state index in [0.29, 0.717) is 5.28 Å². The van der Waals surface area contributed by atoms with Crippen LogP contribution >= 0.6 is 27.5 Å². The van der Waals surface area contributed by atoms with Gasteiger partial charge in [0.1, 0.15) is 0 Å². The highest BCUT2D eigenvalue weighted by Crippen LogP contribution is 2.36. The molecule has 0 saturated heterocycles. The number of nitrogens with zero attached hydrogens (tertiary/aromatic N) is 2. The number of hydrogen-bond donors (Lipinski definition) is 1. The Morgan fingerprint density at radius 1 is 1.57 bits per heavy atom. The van der Waals surface area contributed by atoms with Crippen molar-refractivity contribution in [1.82, 2.24) is 9.97 Å². The summed E-state index contributed by atoms with van der Waals surface area (Å²) in [5.41, 5.74) is 7.00. The van der Waals surface area contributed by atoms with Gasteiger partial charge in [-0.2, -0.15) is 0 Å². The van der Waals surface area contributed by atoms with Crippen molar-refractivity contribution >= 4 is 27.5 Å². The molecule has 3 nitrogen and oxygen atoms in total. The van der Waals surface area contributed by atoms with Crippen LogP contribution in [0, 0.1) is 0 Å². The van der Waals surface area contributed by atoms with Gasteiger partial charge in [-0.05, 0) is 53.2 Å². The van der Waals surface area contributed by atoms with Crippen molar-refractivity contribution in [3.63, 3.8) is 0 Å². The third-order valence-corrected chi connectivity index (χ3v) is 3.38. The van der Waals surface area contributed by atoms with Gasteiger partial charge < -0.3 is 5.73 Å². The summed E-state index contributed by atoms with van der Waals surface area (Å²) in [6, 6.07) is 0. The first-order valence-electron chi connectivity index (χ1n) is 4.55. The molecule has 0 spiro atoms. The molecule has 0 bridgehead atoms. The normalized spacial score (nSPS) is 18.2. The van der Waals surface area contributed by atoms with Crippen LogP contribution in [-0.2, 0) is 6.42 Å². The van der Waals surface area contributed by atoms with E-state index < -0.39 is 0 Å². The molecular formula is C9H11BrClN3. The molecule has 1 aromatic rings. The molecule has 76 valence electrons. The average molecular weight is 277 g/mol. The Morgan fingerprint density at radius 3 is 2.93 bits per heavy atom. The van der Waals surface area contributed by atoms with E-state index in [9.17, 15) is 0 Å². The van der Waals surface area contributed by atoms with Crippen molar-refractivity contribution in [2.24, 2.45) is 5.73 Å². The summed E-state index contributed by atoms with van der Waals surface area (Å²) < 4.78 is 0.908. The molecule has 2 rings (SSSR count). The summed E-state index contributed by atoms with van der Waals surface area (Å²) in [6.45, 7) is 0. The van der Waals surface area contributed by atoms with Gasteiger partial charge >= 0.3 is 0 Å². The van der Waals surface area contributed by atoms with Crippen molar-refractivity contribution in [1.29, 1.82) is 0 Å². The van der Waals surface area contributed by atoms with Crippen molar-refractivity contribution < 1.29 is 0 Å². The third kappa shape index (κ3) is 2.43. The molecule has 0 amide bonds. The molecule has 0 aliphatic heterocycles. The summed E-state index contributed by atoms with van der Waals surface area (Å²) in [5, 5.41) is 0.296. The van der Waals surface area contributed by atoms with Gasteiger partial charge in [0.15, 0.2) is 0 Å². The Balaban J connectivity index is 2.04. The van der Waals surface area contributed by atoms with Gasteiger partial charge in [-0.15, -0.1) is 0 Å². The largest absolute Gasteiger partial charge is 0.325 e. The smallest absolute Gasteiger partial charge is 0.222 e. The summed E-state index contributed by atoms with van der Waals surface area (Å²) >= 11 is 9.10. The SMILES string of the molecule is NC1(CCc2nc(Cl)ncc2Br)CC1. The maximum Gasteiger partial charge on any atom is 0.222 e. The Morgan fingerprint density at radius 2 is 2.29 bits per heavy atom. The molecule has 1 aliphatic rings. The second kappa shape index (κ2) is 3.76. The summed E-state index contributed by atoms with van der Waals surface area (Å²) in [6.07, 6.45) is 5.77. The standard InChI is InChI=1S/C9H11BrClN3/c10-6-5-13-8(11)14-7(6)1-2-9(12)3-4-9/h5H,1-4,12H2. The van der Waals surface area contributed by atoms with E-state index in [-0.39, 0.29) is 5.54 Å². The van der Waals surface area contributed by atoms with Crippen LogP contribution in [0.5, 0.6) is 0 Å². The molecule has 1 fully saturated rings. The fourth-order valence-electron chi connectivity index (χ4n) is 1.33. The molecule has 0 aromatic carbocycles. The number of aromatic nitrogens is 2. The van der Waals surface area contributed by atoms with E-state index in [1.807, 2.05) is 0 Å². The highest BCUT2D eigenvalue weighted by atomic mass is 79.9. The highest BCUT2D eigenvalue weighted by molar-refractivity contribution is 9.10. The lowest BCUT2D eigenvalue weighted by Crippen LogP contribution is -2.22. The fraction of sp³-hybridized carbons (Fsp3) is 0.556. The minimum Gasteiger partial charge on any atom is -0.325 e. The zero-order valence-electron chi connectivity index (χ0n) is 7.63. The predicted molar refractivity (Wildman–Crippen MR) is 59.2 cm³/mol. The molecule has 1 aromatic heterocycles. The molecule has 5 heteroatoms. The fourth-order valence-corrected chi connectivity index (χ4v) is 1.87. The number of halogens is 2. The van der Waals surface area contributed by atoms with E-state index in [1.165, 1.54) is 0 Å². The second-order valence-electron chi connectivity index (χ2n) is 3.80. The molecule has 1 heterocycles. The zero-order chi connectivity index (χ0) is 10.2. The van der Waals surface area contributed by atoms with Gasteiger partial charge in [0, 0.05) is 11.7 Å². The quantitative estimate of drug-likeness (QED) is 0.862. The van der Waals surface area contributed by atoms with Crippen molar-refractivity contribution in [2.45, 2.75) is 31.2 Å². The zero-order valence-corrected chi connectivity index (χ0v) is 9.98. The predicted octanol–water partition coefficient (Wildman–Crippen LogP) is 2.32. The van der Waals surface area contributed by atoms with Crippen LogP contribution in [0.4, 0.5) is 0 Å². The monoisotopic (exact) mass is 275 g/mol. The maximum atomic E-state index is 5.99. The maximum absolute atomic E-state index is 5.99. The first kappa shape index (κ1) is 10.3. The topological polar surface area (TPSA) is 51.8 Å². The minimum absolute atomic E-state index is 0.0663. The molecule has 0 radical (unpaired) electrons. The lowest BCUT2D eigenvalue weighted by atomic mass is 10.1. The molecule has 1 aliphatic carbocycles. The first-order chi connectivity index (χ1) is 6.59. The highest BCUT2D eigenvalue weighted by Gasteiger charge is 2.37. The van der Waals surface area contributed by atoms with Gasteiger partial charge in [-0.1, -0.05) is 0 Å². The minimum atomic E-state index is 0.0663. The molecule has 0 atom stereocenters. The van der Waals surface area contributed by atoms with E-state index >= 15 is 0 Å². The number of rotatable bonds is 3. The molecular weight excluding hydrogens is 265 g/mol. The van der Waals surface area contributed by atoms with Gasteiger partial charge in [0.05, 0.1) is 10.2 Å². The van der Waals surface area contributed by atoms with Crippen LogP contribution in [0.3, 0.4) is 0 Å². The summed E-state index contributed by atoms with van der Waals surface area (Å²) in [5.74, 6) is 0. The van der Waals surface area contributed by atoms with Crippen LogP contribution < -0.4 is 5.73 Å². The second-order valence-corrected chi connectivity index (χ2v) is 4.99. The lowest BCUT2D eigenvalue weighted by molar-refractivity contribution is 0.601. The lowest BCUT2D eigenvalue weighted by Gasteiger charge is -2.08. The van der Waals surface area contributed by atoms with E-state index in [2.05, 4.69) is 25.9 Å². The first-order valence-corrected chi connectivity index (χ1v) is 5.72. The van der Waals surface area contributed by atoms with Crippen molar-refractivity contribution in [2.75, 3.05) is 0 Å². The van der Waals surface area contributed by atoms with Crippen molar-refractivity contribution in [3.05, 3.63) is 21.6 Å². The average Bonchev–Trinajstić information content (AvgIpc) is 2.87. The number of hydrogen-bond acceptors (Lipinski definition) is 3. The third-order valence-electron chi connectivity index (χ3n) is 2.54. The van der Waals surface area contributed by atoms with Gasteiger partial charge in [0.25, 0.3) is 0 Å². The number of nitrogens with two attached hydrogens (primary N) is 1. The number of aryl methyl sites for hydroxylation is 1. The van der Waals surface area contributed by atoms with Crippen molar-refractivity contribution in [3.8, 4) is 0 Å². The van der Waals surface area contributed by atoms with Crippen LogP contribution in [-0.4, -0.2) is 15.5 Å². The Kier molecular flexibility index (Phi) is 2.77. The van der Waals surface area contributed by atoms with E-state index in [0.717, 1.165) is 35.8 Å². The van der Waals surface area contributed by atoms with Gasteiger partial charge in [-0.3, -0.25) is 0 Å². The Hall–Kier alpha value is -0.190. The molecule has 0 unspecified atom stereocenters. The molecule has 1 saturated carbocycles. The Labute approximate surface area is 96.2 Å². The van der Waals surface area contributed by atoms with Crippen LogP contribution in [0.15, 0.2) is 10.7 Å². The van der Waals surface area contributed by atoms with Crippen LogP contribution in [0.25, 0.3) is 0 Å². The summed E-state index contributed by atoms with van der Waals surface area (Å²) in [7, 11) is 0. The van der Waals surface area contributed by atoms with E-state index in [1.54, 1.807) is 6.20 Å². The van der Waals surface area contributed by atoms with Crippen LogP contribution in [0.2, 0.25) is 5.28 Å². The molecule has 2 N–H and O–H groups in total. The van der Waals surface area contributed by atoms with Crippen LogP contribution in [0.1, 0.15) is 25.0 Å². The van der Waals surface area contributed by atoms with E-state index in [4.69, 9.17) is 17.3 Å². The Bertz CT molecular complexity index is 352.